The highest BCUT2D eigenvalue weighted by molar-refractivity contribution is 7.11. The van der Waals surface area contributed by atoms with Crippen LogP contribution in [0.25, 0.3) is 0 Å². The predicted octanol–water partition coefficient (Wildman–Crippen LogP) is 1.39. The maximum Gasteiger partial charge on any atom is 0.145 e. The smallest absolute Gasteiger partial charge is 0.145 e. The number of hydrogen-bond donors (Lipinski definition) is 1. The lowest BCUT2D eigenvalue weighted by Crippen LogP contribution is -2.42. The van der Waals surface area contributed by atoms with E-state index in [2.05, 4.69) is 15.5 Å². The maximum absolute atomic E-state index is 5.63. The van der Waals surface area contributed by atoms with E-state index in [0.29, 0.717) is 0 Å². The van der Waals surface area contributed by atoms with Gasteiger partial charge >= 0.3 is 0 Å². The molecule has 0 aliphatic carbocycles. The normalized spacial score (nSPS) is 23.9. The van der Waals surface area contributed by atoms with Crippen molar-refractivity contribution in [3.05, 3.63) is 16.6 Å². The van der Waals surface area contributed by atoms with Crippen LogP contribution < -0.4 is 5.32 Å². The number of piperidine rings is 1. The van der Waals surface area contributed by atoms with Gasteiger partial charge in [0.05, 0.1) is 0 Å². The first-order valence-electron chi connectivity index (χ1n) is 5.24. The molecule has 0 amide bonds. The summed E-state index contributed by atoms with van der Waals surface area (Å²) in [6.07, 6.45) is 4.83. The van der Waals surface area contributed by atoms with E-state index in [0.717, 1.165) is 43.1 Å². The van der Waals surface area contributed by atoms with E-state index in [1.54, 1.807) is 11.3 Å². The fourth-order valence-corrected chi connectivity index (χ4v) is 2.77. The molecule has 1 N–H and O–H groups in total. The molecule has 1 aromatic heterocycles. The van der Waals surface area contributed by atoms with Crippen molar-refractivity contribution in [2.24, 2.45) is 5.16 Å². The first kappa shape index (κ1) is 9.30. The van der Waals surface area contributed by atoms with Crippen LogP contribution in [0, 0.1) is 0 Å². The SMILES string of the molecule is c1csc(C2=NOC3(CCNCC3)C2)n1. The van der Waals surface area contributed by atoms with Crippen molar-refractivity contribution in [2.45, 2.75) is 24.9 Å². The standard InChI is InChI=1S/C10H13N3OS/c1-3-11-4-2-10(1)7-8(13-14-10)9-12-5-6-15-9/h5-6,11H,1-4,7H2. The number of aromatic nitrogens is 1. The van der Waals surface area contributed by atoms with Gasteiger partial charge < -0.3 is 10.2 Å². The monoisotopic (exact) mass is 223 g/mol. The fraction of sp³-hybridized carbons (Fsp3) is 0.600. The van der Waals surface area contributed by atoms with Crippen LogP contribution in [0.15, 0.2) is 16.7 Å². The van der Waals surface area contributed by atoms with Gasteiger partial charge in [-0.1, -0.05) is 5.16 Å². The van der Waals surface area contributed by atoms with Crippen LogP contribution in [0.4, 0.5) is 0 Å². The molecule has 80 valence electrons. The second kappa shape index (κ2) is 3.57. The summed E-state index contributed by atoms with van der Waals surface area (Å²) >= 11 is 1.63. The molecule has 0 unspecified atom stereocenters. The summed E-state index contributed by atoms with van der Waals surface area (Å²) < 4.78 is 0. The summed E-state index contributed by atoms with van der Waals surface area (Å²) in [4.78, 5) is 9.90. The summed E-state index contributed by atoms with van der Waals surface area (Å²) in [6.45, 7) is 2.06. The van der Waals surface area contributed by atoms with Crippen molar-refractivity contribution >= 4 is 17.0 Å². The number of nitrogens with zero attached hydrogens (tertiary/aromatic N) is 2. The minimum Gasteiger partial charge on any atom is -0.388 e. The summed E-state index contributed by atoms with van der Waals surface area (Å²) in [5.74, 6) is 0. The zero-order valence-corrected chi connectivity index (χ0v) is 9.22. The first-order valence-corrected chi connectivity index (χ1v) is 6.12. The summed E-state index contributed by atoms with van der Waals surface area (Å²) in [6, 6.07) is 0. The molecule has 1 spiro atoms. The highest BCUT2D eigenvalue weighted by atomic mass is 32.1. The van der Waals surface area contributed by atoms with Gasteiger partial charge in [-0.05, 0) is 13.1 Å². The third kappa shape index (κ3) is 1.66. The minimum absolute atomic E-state index is 0.0355. The molecular weight excluding hydrogens is 210 g/mol. The van der Waals surface area contributed by atoms with Gasteiger partial charge in [0.2, 0.25) is 0 Å². The second-order valence-electron chi connectivity index (χ2n) is 4.08. The quantitative estimate of drug-likeness (QED) is 0.782. The van der Waals surface area contributed by atoms with Crippen molar-refractivity contribution in [3.8, 4) is 0 Å². The number of hydrogen-bond acceptors (Lipinski definition) is 5. The van der Waals surface area contributed by atoms with Gasteiger partial charge in [-0.2, -0.15) is 0 Å². The van der Waals surface area contributed by atoms with Gasteiger partial charge in [0, 0.05) is 30.8 Å². The third-order valence-corrected chi connectivity index (χ3v) is 3.86. The Morgan fingerprint density at radius 2 is 2.27 bits per heavy atom. The Kier molecular flexibility index (Phi) is 2.21. The lowest BCUT2D eigenvalue weighted by atomic mass is 9.88. The van der Waals surface area contributed by atoms with Crippen LogP contribution in [0.2, 0.25) is 0 Å². The molecule has 3 rings (SSSR count). The van der Waals surface area contributed by atoms with Gasteiger partial charge in [0.15, 0.2) is 0 Å². The Morgan fingerprint density at radius 3 is 3.00 bits per heavy atom. The summed E-state index contributed by atoms with van der Waals surface area (Å²) in [5, 5.41) is 10.5. The van der Waals surface area contributed by atoms with E-state index < -0.39 is 0 Å². The highest BCUT2D eigenvalue weighted by Gasteiger charge is 2.40. The average Bonchev–Trinajstić information content (AvgIpc) is 2.88. The van der Waals surface area contributed by atoms with E-state index in [1.165, 1.54) is 0 Å². The molecule has 0 atom stereocenters. The number of oxime groups is 1. The van der Waals surface area contributed by atoms with Gasteiger partial charge in [-0.25, -0.2) is 4.98 Å². The van der Waals surface area contributed by atoms with E-state index >= 15 is 0 Å². The van der Waals surface area contributed by atoms with Crippen LogP contribution in [0.3, 0.4) is 0 Å². The Hall–Kier alpha value is -0.940. The van der Waals surface area contributed by atoms with Crippen LogP contribution in [-0.4, -0.2) is 29.4 Å². The molecule has 1 fully saturated rings. The zero-order valence-electron chi connectivity index (χ0n) is 8.40. The molecule has 0 aromatic carbocycles. The van der Waals surface area contributed by atoms with Crippen molar-refractivity contribution < 1.29 is 4.84 Å². The highest BCUT2D eigenvalue weighted by Crippen LogP contribution is 2.34. The molecule has 15 heavy (non-hydrogen) atoms. The molecule has 0 radical (unpaired) electrons. The third-order valence-electron chi connectivity index (χ3n) is 3.03. The topological polar surface area (TPSA) is 46.5 Å². The number of nitrogens with one attached hydrogen (secondary N) is 1. The molecule has 1 saturated heterocycles. The van der Waals surface area contributed by atoms with Crippen LogP contribution in [0.5, 0.6) is 0 Å². The Morgan fingerprint density at radius 1 is 1.40 bits per heavy atom. The minimum atomic E-state index is -0.0355. The predicted molar refractivity (Wildman–Crippen MR) is 59.2 cm³/mol. The van der Waals surface area contributed by atoms with E-state index in [1.807, 2.05) is 11.6 Å². The van der Waals surface area contributed by atoms with E-state index in [4.69, 9.17) is 4.84 Å². The van der Waals surface area contributed by atoms with Crippen LogP contribution in [-0.2, 0) is 4.84 Å². The van der Waals surface area contributed by atoms with Gasteiger partial charge in [-0.3, -0.25) is 0 Å². The Labute approximate surface area is 92.3 Å². The molecule has 5 heteroatoms. The second-order valence-corrected chi connectivity index (χ2v) is 4.97. The maximum atomic E-state index is 5.63. The van der Waals surface area contributed by atoms with Crippen molar-refractivity contribution in [1.82, 2.24) is 10.3 Å². The van der Waals surface area contributed by atoms with Crippen molar-refractivity contribution in [1.29, 1.82) is 0 Å². The molecule has 0 bridgehead atoms. The fourth-order valence-electron chi connectivity index (χ4n) is 2.15. The lowest BCUT2D eigenvalue weighted by Gasteiger charge is -2.30. The Balaban J connectivity index is 1.76. The van der Waals surface area contributed by atoms with Crippen molar-refractivity contribution in [2.75, 3.05) is 13.1 Å². The average molecular weight is 223 g/mol. The van der Waals surface area contributed by atoms with Gasteiger partial charge in [0.25, 0.3) is 0 Å². The molecule has 2 aliphatic heterocycles. The summed E-state index contributed by atoms with van der Waals surface area (Å²) in [5.41, 5.74) is 0.985. The van der Waals surface area contributed by atoms with Crippen molar-refractivity contribution in [3.63, 3.8) is 0 Å². The van der Waals surface area contributed by atoms with E-state index in [-0.39, 0.29) is 5.60 Å². The van der Waals surface area contributed by atoms with Crippen LogP contribution in [0.1, 0.15) is 24.3 Å². The molecule has 1 aromatic rings. The van der Waals surface area contributed by atoms with Gasteiger partial charge in [-0.15, -0.1) is 11.3 Å². The molecule has 2 aliphatic rings. The molecule has 0 saturated carbocycles. The Bertz CT molecular complexity index is 368. The zero-order chi connectivity index (χ0) is 10.1. The molecule has 4 nitrogen and oxygen atoms in total. The summed E-state index contributed by atoms with van der Waals surface area (Å²) in [7, 11) is 0. The lowest BCUT2D eigenvalue weighted by molar-refractivity contribution is -0.0400. The van der Waals surface area contributed by atoms with Gasteiger partial charge in [0.1, 0.15) is 16.3 Å². The molecule has 3 heterocycles. The van der Waals surface area contributed by atoms with Crippen LogP contribution >= 0.6 is 11.3 Å². The molecular formula is C10H13N3OS. The van der Waals surface area contributed by atoms with E-state index in [9.17, 15) is 0 Å². The number of thiazole rings is 1. The first-order chi connectivity index (χ1) is 7.38. The number of rotatable bonds is 1. The largest absolute Gasteiger partial charge is 0.388 e.